The largest absolute Gasteiger partial charge is 0.492 e. The van der Waals surface area contributed by atoms with Gasteiger partial charge in [0.05, 0.1) is 22.3 Å². The van der Waals surface area contributed by atoms with Gasteiger partial charge in [-0.15, -0.1) is 0 Å². The van der Waals surface area contributed by atoms with Crippen LogP contribution < -0.4 is 19.9 Å². The van der Waals surface area contributed by atoms with E-state index in [1.54, 1.807) is 25.4 Å². The summed E-state index contributed by atoms with van der Waals surface area (Å²) < 4.78 is 5.84. The maximum atomic E-state index is 13.2. The molecule has 8 nitrogen and oxygen atoms in total. The monoisotopic (exact) mass is 548 g/mol. The van der Waals surface area contributed by atoms with Crippen molar-refractivity contribution in [1.29, 1.82) is 0 Å². The number of anilines is 4. The van der Waals surface area contributed by atoms with Crippen LogP contribution in [0.1, 0.15) is 19.4 Å². The third-order valence-corrected chi connectivity index (χ3v) is 6.73. The highest BCUT2D eigenvalue weighted by Crippen LogP contribution is 2.40. The molecule has 0 aliphatic carbocycles. The average Bonchev–Trinajstić information content (AvgIpc) is 2.85. The van der Waals surface area contributed by atoms with Crippen molar-refractivity contribution in [3.63, 3.8) is 0 Å². The SMILES string of the molecule is CCN(CC)CCOc1ccc(Nc2ncc3c(n2)N(C)C(=O)N(c2c(Cl)cc(Cl)cc2Cl)C3)cc1. The summed E-state index contributed by atoms with van der Waals surface area (Å²) in [5.74, 6) is 1.68. The maximum Gasteiger partial charge on any atom is 0.330 e. The normalized spacial score (nSPS) is 13.2. The van der Waals surface area contributed by atoms with E-state index in [1.165, 1.54) is 9.80 Å². The van der Waals surface area contributed by atoms with Crippen LogP contribution in [0.5, 0.6) is 5.75 Å². The highest BCUT2D eigenvalue weighted by Gasteiger charge is 2.33. The fourth-order valence-corrected chi connectivity index (χ4v) is 4.95. The minimum absolute atomic E-state index is 0.222. The molecule has 0 saturated heterocycles. The molecule has 11 heteroatoms. The molecule has 0 spiro atoms. The molecule has 0 saturated carbocycles. The molecular weight excluding hydrogens is 523 g/mol. The summed E-state index contributed by atoms with van der Waals surface area (Å²) >= 11 is 18.7. The van der Waals surface area contributed by atoms with Gasteiger partial charge in [-0.2, -0.15) is 4.98 Å². The fourth-order valence-electron chi connectivity index (χ4n) is 3.93. The summed E-state index contributed by atoms with van der Waals surface area (Å²) in [4.78, 5) is 27.4. The third-order valence-electron chi connectivity index (χ3n) is 5.94. The topological polar surface area (TPSA) is 73.8 Å². The number of aromatic nitrogens is 2. The standard InChI is InChI=1S/C25H27Cl3N6O2/c1-4-33(5-2)10-11-36-19-8-6-18(7-9-19)30-24-29-14-16-15-34(25(35)32(3)23(16)31-24)22-20(27)12-17(26)13-21(22)28/h6-9,12-14H,4-5,10-11,15H2,1-3H3,(H,29,30,31). The molecule has 2 aromatic carbocycles. The lowest BCUT2D eigenvalue weighted by Crippen LogP contribution is -2.46. The minimum Gasteiger partial charge on any atom is -0.492 e. The van der Waals surface area contributed by atoms with Gasteiger partial charge in [-0.25, -0.2) is 9.78 Å². The first-order valence-electron chi connectivity index (χ1n) is 11.6. The van der Waals surface area contributed by atoms with Crippen LogP contribution in [0, 0.1) is 0 Å². The predicted octanol–water partition coefficient (Wildman–Crippen LogP) is 6.48. The number of hydrogen-bond donors (Lipinski definition) is 1. The minimum atomic E-state index is -0.315. The predicted molar refractivity (Wildman–Crippen MR) is 146 cm³/mol. The van der Waals surface area contributed by atoms with Crippen molar-refractivity contribution in [1.82, 2.24) is 14.9 Å². The lowest BCUT2D eigenvalue weighted by molar-refractivity contribution is 0.223. The van der Waals surface area contributed by atoms with E-state index in [4.69, 9.17) is 39.5 Å². The Morgan fingerprint density at radius 3 is 2.39 bits per heavy atom. The van der Waals surface area contributed by atoms with E-state index in [9.17, 15) is 4.79 Å². The molecule has 1 aliphatic heterocycles. The van der Waals surface area contributed by atoms with Crippen LogP contribution in [0.25, 0.3) is 0 Å². The van der Waals surface area contributed by atoms with Crippen LogP contribution in [0.4, 0.5) is 27.9 Å². The first-order chi connectivity index (χ1) is 17.3. The summed E-state index contributed by atoms with van der Waals surface area (Å²) in [7, 11) is 1.65. The number of nitrogens with zero attached hydrogens (tertiary/aromatic N) is 5. The number of amides is 2. The van der Waals surface area contributed by atoms with Crippen molar-refractivity contribution in [2.24, 2.45) is 0 Å². The Morgan fingerprint density at radius 2 is 1.75 bits per heavy atom. The van der Waals surface area contributed by atoms with Crippen molar-refractivity contribution in [2.45, 2.75) is 20.4 Å². The van der Waals surface area contributed by atoms with E-state index in [2.05, 4.69) is 34.0 Å². The molecule has 36 heavy (non-hydrogen) atoms. The molecule has 0 unspecified atom stereocenters. The van der Waals surface area contributed by atoms with Crippen LogP contribution in [0.2, 0.25) is 15.1 Å². The van der Waals surface area contributed by atoms with Gasteiger partial charge < -0.3 is 15.0 Å². The van der Waals surface area contributed by atoms with Crippen molar-refractivity contribution >= 4 is 64.0 Å². The summed E-state index contributed by atoms with van der Waals surface area (Å²) in [5.41, 5.74) is 1.95. The molecule has 190 valence electrons. The van der Waals surface area contributed by atoms with Gasteiger partial charge in [-0.3, -0.25) is 9.80 Å². The molecule has 2 amide bonds. The van der Waals surface area contributed by atoms with Crippen LogP contribution in [-0.2, 0) is 6.54 Å². The molecule has 0 fully saturated rings. The molecule has 1 aliphatic rings. The average molecular weight is 550 g/mol. The zero-order valence-corrected chi connectivity index (χ0v) is 22.5. The van der Waals surface area contributed by atoms with E-state index in [1.807, 2.05) is 24.3 Å². The Balaban J connectivity index is 1.46. The molecule has 0 bridgehead atoms. The number of hydrogen-bond acceptors (Lipinski definition) is 6. The molecule has 1 aromatic heterocycles. The number of rotatable bonds is 9. The fraction of sp³-hybridized carbons (Fsp3) is 0.320. The Hall–Kier alpha value is -2.78. The summed E-state index contributed by atoms with van der Waals surface area (Å²) in [6, 6.07) is 10.4. The second-order valence-corrected chi connectivity index (χ2v) is 9.46. The van der Waals surface area contributed by atoms with Crippen LogP contribution in [0.15, 0.2) is 42.6 Å². The summed E-state index contributed by atoms with van der Waals surface area (Å²) in [5, 5.41) is 4.15. The van der Waals surface area contributed by atoms with Gasteiger partial charge in [0.15, 0.2) is 0 Å². The van der Waals surface area contributed by atoms with E-state index in [-0.39, 0.29) is 22.6 Å². The lowest BCUT2D eigenvalue weighted by Gasteiger charge is -2.34. The van der Waals surface area contributed by atoms with Crippen LogP contribution in [0.3, 0.4) is 0 Å². The number of carbonyl (C=O) groups excluding carboxylic acids is 1. The highest BCUT2D eigenvalue weighted by molar-refractivity contribution is 6.42. The number of carbonyl (C=O) groups is 1. The molecule has 0 atom stereocenters. The zero-order valence-electron chi connectivity index (χ0n) is 20.3. The van der Waals surface area contributed by atoms with Crippen LogP contribution in [-0.4, -0.2) is 54.2 Å². The number of urea groups is 1. The Kier molecular flexibility index (Phi) is 8.41. The van der Waals surface area contributed by atoms with Gasteiger partial charge >= 0.3 is 6.03 Å². The molecule has 0 radical (unpaired) electrons. The second kappa shape index (κ2) is 11.5. The van der Waals surface area contributed by atoms with Crippen molar-refractivity contribution in [3.8, 4) is 5.75 Å². The molecule has 4 rings (SSSR count). The number of halogens is 3. The Labute approximate surface area is 225 Å². The van der Waals surface area contributed by atoms with Crippen LogP contribution >= 0.6 is 34.8 Å². The Morgan fingerprint density at radius 1 is 1.08 bits per heavy atom. The van der Waals surface area contributed by atoms with Crippen molar-refractivity contribution < 1.29 is 9.53 Å². The van der Waals surface area contributed by atoms with Gasteiger partial charge in [0.25, 0.3) is 0 Å². The smallest absolute Gasteiger partial charge is 0.330 e. The second-order valence-electron chi connectivity index (χ2n) is 8.21. The summed E-state index contributed by atoms with van der Waals surface area (Å²) in [6.07, 6.45) is 1.68. The van der Waals surface area contributed by atoms with E-state index in [0.717, 1.165) is 36.6 Å². The van der Waals surface area contributed by atoms with Gasteiger partial charge in [0, 0.05) is 36.1 Å². The van der Waals surface area contributed by atoms with Crippen molar-refractivity contribution in [2.75, 3.05) is 48.4 Å². The molecule has 1 N–H and O–H groups in total. The van der Waals surface area contributed by atoms with Crippen molar-refractivity contribution in [3.05, 3.63) is 63.2 Å². The van der Waals surface area contributed by atoms with E-state index >= 15 is 0 Å². The van der Waals surface area contributed by atoms with E-state index in [0.29, 0.717) is 29.1 Å². The number of fused-ring (bicyclic) bond motifs is 1. The number of likely N-dealkylation sites (N-methyl/N-ethyl adjacent to an activating group) is 1. The zero-order chi connectivity index (χ0) is 25.8. The number of benzene rings is 2. The van der Waals surface area contributed by atoms with Gasteiger partial charge in [-0.05, 0) is 49.5 Å². The van der Waals surface area contributed by atoms with E-state index < -0.39 is 0 Å². The molecular formula is C25H27Cl3N6O2. The first kappa shape index (κ1) is 26.3. The van der Waals surface area contributed by atoms with Gasteiger partial charge in [0.1, 0.15) is 18.2 Å². The summed E-state index contributed by atoms with van der Waals surface area (Å²) in [6.45, 7) is 8.03. The third kappa shape index (κ3) is 5.78. The highest BCUT2D eigenvalue weighted by atomic mass is 35.5. The molecule has 3 aromatic rings. The molecule has 2 heterocycles. The number of ether oxygens (including phenoxy) is 1. The quantitative estimate of drug-likeness (QED) is 0.329. The van der Waals surface area contributed by atoms with Gasteiger partial charge in [-0.1, -0.05) is 48.7 Å². The first-order valence-corrected chi connectivity index (χ1v) is 12.7. The number of nitrogens with one attached hydrogen (secondary N) is 1. The van der Waals surface area contributed by atoms with Gasteiger partial charge in [0.2, 0.25) is 5.95 Å². The maximum absolute atomic E-state index is 13.2. The lowest BCUT2D eigenvalue weighted by atomic mass is 10.2. The Bertz CT molecular complexity index is 1210.